The van der Waals surface area contributed by atoms with Crippen molar-refractivity contribution in [2.75, 3.05) is 17.2 Å². The second-order valence-electron chi connectivity index (χ2n) is 9.42. The van der Waals surface area contributed by atoms with Crippen molar-refractivity contribution < 1.29 is 13.2 Å². The molecule has 2 fully saturated rings. The number of hydrogen-bond donors (Lipinski definition) is 5. The number of halogens is 3. The van der Waals surface area contributed by atoms with Crippen molar-refractivity contribution in [2.24, 2.45) is 4.99 Å². The monoisotopic (exact) mass is 493 g/mol. The van der Waals surface area contributed by atoms with Gasteiger partial charge in [0.15, 0.2) is 11.8 Å². The molecular formula is C23H34F3N9. The number of anilines is 3. The van der Waals surface area contributed by atoms with Crippen LogP contribution in [0.3, 0.4) is 0 Å². The molecule has 2 aromatic heterocycles. The standard InChI is InChI=1S/C23H34F3N9/c1-15-13-20(35-34-15)32-19-11-12-27-21(33-19)30-17-7-9-18(10-8-17)31-22(28-14-23(24,25)26)29-16-5-3-2-4-6-16/h11-13,16-18H,2-10,14H2,1H3,(H2,28,29,31)(H3,27,30,32,33,34,35). The average Bonchev–Trinajstić information content (AvgIpc) is 3.23. The molecule has 0 amide bonds. The van der Waals surface area contributed by atoms with Gasteiger partial charge in [0, 0.05) is 36.1 Å². The highest BCUT2D eigenvalue weighted by Gasteiger charge is 2.28. The lowest BCUT2D eigenvalue weighted by molar-refractivity contribution is -0.118. The van der Waals surface area contributed by atoms with Crippen LogP contribution >= 0.6 is 0 Å². The Morgan fingerprint density at radius 3 is 2.34 bits per heavy atom. The Labute approximate surface area is 203 Å². The van der Waals surface area contributed by atoms with Crippen molar-refractivity contribution in [1.82, 2.24) is 30.8 Å². The Morgan fingerprint density at radius 2 is 1.69 bits per heavy atom. The van der Waals surface area contributed by atoms with E-state index in [1.807, 2.05) is 13.0 Å². The smallest absolute Gasteiger partial charge is 0.354 e. The van der Waals surface area contributed by atoms with Gasteiger partial charge < -0.3 is 21.3 Å². The predicted octanol–water partition coefficient (Wildman–Crippen LogP) is 4.41. The van der Waals surface area contributed by atoms with Gasteiger partial charge in [0.25, 0.3) is 0 Å². The number of nitrogens with zero attached hydrogens (tertiary/aromatic N) is 4. The summed E-state index contributed by atoms with van der Waals surface area (Å²) >= 11 is 0. The van der Waals surface area contributed by atoms with Gasteiger partial charge in [0.05, 0.1) is 0 Å². The summed E-state index contributed by atoms with van der Waals surface area (Å²) in [5.41, 5.74) is 0.950. The zero-order valence-electron chi connectivity index (χ0n) is 20.0. The van der Waals surface area contributed by atoms with E-state index in [-0.39, 0.29) is 24.1 Å². The third-order valence-corrected chi connectivity index (χ3v) is 6.38. The van der Waals surface area contributed by atoms with Crippen LogP contribution in [0.25, 0.3) is 0 Å². The second kappa shape index (κ2) is 11.6. The Morgan fingerprint density at radius 1 is 1.00 bits per heavy atom. The van der Waals surface area contributed by atoms with Gasteiger partial charge in [-0.1, -0.05) is 19.3 Å². The fourth-order valence-corrected chi connectivity index (χ4v) is 4.61. The summed E-state index contributed by atoms with van der Waals surface area (Å²) in [6.45, 7) is 0.749. The summed E-state index contributed by atoms with van der Waals surface area (Å²) in [6, 6.07) is 4.12. The Kier molecular flexibility index (Phi) is 8.29. The van der Waals surface area contributed by atoms with Crippen LogP contribution in [0.4, 0.5) is 30.8 Å². The first kappa shape index (κ1) is 25.1. The second-order valence-corrected chi connectivity index (χ2v) is 9.42. The van der Waals surface area contributed by atoms with Gasteiger partial charge in [0.2, 0.25) is 5.95 Å². The summed E-state index contributed by atoms with van der Waals surface area (Å²) in [7, 11) is 0. The number of hydrogen-bond acceptors (Lipinski definition) is 6. The van der Waals surface area contributed by atoms with E-state index in [1.54, 1.807) is 12.3 Å². The van der Waals surface area contributed by atoms with Crippen LogP contribution in [-0.4, -0.2) is 57.0 Å². The molecule has 12 heteroatoms. The largest absolute Gasteiger partial charge is 0.408 e. The van der Waals surface area contributed by atoms with E-state index in [2.05, 4.69) is 46.4 Å². The summed E-state index contributed by atoms with van der Waals surface area (Å²) in [6.07, 6.45) is 6.03. The number of aryl methyl sites for hydroxylation is 1. The number of rotatable bonds is 7. The predicted molar refractivity (Wildman–Crippen MR) is 130 cm³/mol. The minimum atomic E-state index is -4.32. The zero-order valence-corrected chi connectivity index (χ0v) is 20.0. The maximum absolute atomic E-state index is 12.8. The third kappa shape index (κ3) is 8.29. The van der Waals surface area contributed by atoms with Gasteiger partial charge >= 0.3 is 6.18 Å². The third-order valence-electron chi connectivity index (χ3n) is 6.38. The van der Waals surface area contributed by atoms with Gasteiger partial charge in [-0.05, 0) is 51.5 Å². The van der Waals surface area contributed by atoms with Crippen LogP contribution in [0.1, 0.15) is 63.5 Å². The molecule has 9 nitrogen and oxygen atoms in total. The summed E-state index contributed by atoms with van der Waals surface area (Å²) in [5.74, 6) is 2.14. The minimum Gasteiger partial charge on any atom is -0.354 e. The lowest BCUT2D eigenvalue weighted by atomic mass is 9.91. The Bertz CT molecular complexity index is 961. The van der Waals surface area contributed by atoms with E-state index in [4.69, 9.17) is 0 Å². The molecule has 4 rings (SSSR count). The number of aromatic amines is 1. The summed E-state index contributed by atoms with van der Waals surface area (Å²) in [4.78, 5) is 12.7. The molecule has 0 unspecified atom stereocenters. The molecule has 0 radical (unpaired) electrons. The number of alkyl halides is 3. The van der Waals surface area contributed by atoms with E-state index in [9.17, 15) is 13.2 Å². The minimum absolute atomic E-state index is 0.0768. The van der Waals surface area contributed by atoms with E-state index in [0.717, 1.165) is 57.1 Å². The first-order valence-corrected chi connectivity index (χ1v) is 12.4. The number of H-pyrrole nitrogens is 1. The van der Waals surface area contributed by atoms with Gasteiger partial charge in [-0.15, -0.1) is 0 Å². The molecule has 2 aliphatic carbocycles. The van der Waals surface area contributed by atoms with Crippen molar-refractivity contribution in [2.45, 2.75) is 89.0 Å². The fourth-order valence-electron chi connectivity index (χ4n) is 4.61. The lowest BCUT2D eigenvalue weighted by Gasteiger charge is -2.32. The van der Waals surface area contributed by atoms with Crippen molar-refractivity contribution in [3.05, 3.63) is 24.0 Å². The number of aromatic nitrogens is 4. The molecule has 35 heavy (non-hydrogen) atoms. The zero-order chi connectivity index (χ0) is 24.7. The van der Waals surface area contributed by atoms with Gasteiger partial charge in [-0.2, -0.15) is 23.3 Å². The molecule has 0 spiro atoms. The fraction of sp³-hybridized carbons (Fsp3) is 0.652. The van der Waals surface area contributed by atoms with Crippen molar-refractivity contribution >= 4 is 23.5 Å². The maximum atomic E-state index is 12.8. The molecule has 2 saturated carbocycles. The lowest BCUT2D eigenvalue weighted by Crippen LogP contribution is -2.49. The molecule has 2 heterocycles. The van der Waals surface area contributed by atoms with Crippen molar-refractivity contribution in [3.8, 4) is 0 Å². The van der Waals surface area contributed by atoms with Crippen LogP contribution in [0, 0.1) is 6.92 Å². The first-order chi connectivity index (χ1) is 16.8. The molecule has 192 valence electrons. The highest BCUT2D eigenvalue weighted by Crippen LogP contribution is 2.23. The Balaban J connectivity index is 1.28. The summed E-state index contributed by atoms with van der Waals surface area (Å²) in [5, 5.41) is 20.1. The molecule has 2 aliphatic rings. The summed E-state index contributed by atoms with van der Waals surface area (Å²) < 4.78 is 38.4. The molecule has 2 aromatic rings. The number of guanidine groups is 1. The molecular weight excluding hydrogens is 459 g/mol. The van der Waals surface area contributed by atoms with Gasteiger partial charge in [0.1, 0.15) is 12.4 Å². The number of aliphatic imine (C=N–C) groups is 1. The highest BCUT2D eigenvalue weighted by atomic mass is 19.4. The quantitative estimate of drug-likeness (QED) is 0.287. The molecule has 0 aromatic carbocycles. The van der Waals surface area contributed by atoms with Crippen LogP contribution in [0.5, 0.6) is 0 Å². The molecule has 0 atom stereocenters. The van der Waals surface area contributed by atoms with Crippen LogP contribution in [0.15, 0.2) is 23.3 Å². The van der Waals surface area contributed by atoms with E-state index in [0.29, 0.717) is 17.6 Å². The normalized spacial score (nSPS) is 22.0. The molecule has 0 saturated heterocycles. The van der Waals surface area contributed by atoms with Crippen LogP contribution < -0.4 is 21.3 Å². The Hall–Kier alpha value is -3.05. The first-order valence-electron chi connectivity index (χ1n) is 12.4. The van der Waals surface area contributed by atoms with Gasteiger partial charge in [-0.25, -0.2) is 9.98 Å². The van der Waals surface area contributed by atoms with Crippen molar-refractivity contribution in [3.63, 3.8) is 0 Å². The van der Waals surface area contributed by atoms with Crippen LogP contribution in [-0.2, 0) is 0 Å². The highest BCUT2D eigenvalue weighted by molar-refractivity contribution is 5.80. The molecule has 5 N–H and O–H groups in total. The van der Waals surface area contributed by atoms with Crippen molar-refractivity contribution in [1.29, 1.82) is 0 Å². The average molecular weight is 494 g/mol. The topological polar surface area (TPSA) is 115 Å². The van der Waals surface area contributed by atoms with E-state index in [1.165, 1.54) is 6.42 Å². The molecule has 0 aliphatic heterocycles. The maximum Gasteiger partial charge on any atom is 0.408 e. The van der Waals surface area contributed by atoms with E-state index < -0.39 is 12.7 Å². The number of nitrogens with one attached hydrogen (secondary N) is 5. The van der Waals surface area contributed by atoms with Gasteiger partial charge in [-0.3, -0.25) is 5.10 Å². The van der Waals surface area contributed by atoms with E-state index >= 15 is 0 Å². The SMILES string of the molecule is Cc1cc(Nc2ccnc(NC3CCC(NC(=NCC(F)(F)F)NC4CCCCC4)CC3)n2)n[nH]1. The molecule has 0 bridgehead atoms. The van der Waals surface area contributed by atoms with Crippen LogP contribution in [0.2, 0.25) is 0 Å².